The summed E-state index contributed by atoms with van der Waals surface area (Å²) < 4.78 is 5.58. The average Bonchev–Trinajstić information content (AvgIpc) is 2.49. The maximum absolute atomic E-state index is 6.49. The van der Waals surface area contributed by atoms with Gasteiger partial charge in [0.15, 0.2) is 0 Å². The fraction of sp³-hybridized carbons (Fsp3) is 0.333. The van der Waals surface area contributed by atoms with Crippen LogP contribution in [0.1, 0.15) is 41.1 Å². The number of hydrogen-bond donors (Lipinski definition) is 1. The molecule has 2 unspecified atom stereocenters. The van der Waals surface area contributed by atoms with Crippen LogP contribution in [0.15, 0.2) is 42.5 Å². The zero-order valence-corrected chi connectivity index (χ0v) is 12.7. The minimum Gasteiger partial charge on any atom is -0.496 e. The molecule has 20 heavy (non-hydrogen) atoms. The molecule has 0 aromatic heterocycles. The number of ether oxygens (including phenoxy) is 1. The van der Waals surface area contributed by atoms with Crippen LogP contribution < -0.4 is 10.5 Å². The van der Waals surface area contributed by atoms with Gasteiger partial charge in [-0.15, -0.1) is 0 Å². The molecule has 0 amide bonds. The van der Waals surface area contributed by atoms with Gasteiger partial charge in [-0.3, -0.25) is 0 Å². The second kappa shape index (κ2) is 6.10. The van der Waals surface area contributed by atoms with Gasteiger partial charge in [-0.2, -0.15) is 0 Å². The molecule has 2 aromatic carbocycles. The average molecular weight is 269 g/mol. The van der Waals surface area contributed by atoms with E-state index >= 15 is 0 Å². The van der Waals surface area contributed by atoms with Gasteiger partial charge in [0.25, 0.3) is 0 Å². The summed E-state index contributed by atoms with van der Waals surface area (Å²) in [7, 11) is 1.71. The van der Waals surface area contributed by atoms with Crippen molar-refractivity contribution in [1.29, 1.82) is 0 Å². The molecule has 0 aliphatic rings. The molecule has 0 saturated heterocycles. The molecule has 2 nitrogen and oxygen atoms in total. The van der Waals surface area contributed by atoms with Crippen LogP contribution in [0, 0.1) is 13.8 Å². The van der Waals surface area contributed by atoms with Crippen molar-refractivity contribution in [2.75, 3.05) is 7.11 Å². The van der Waals surface area contributed by atoms with E-state index in [2.05, 4.69) is 57.2 Å². The summed E-state index contributed by atoms with van der Waals surface area (Å²) in [5.41, 5.74) is 11.2. The Balaban J connectivity index is 2.39. The SMILES string of the molecule is COc1c(C(N)C(C)c2ccccc2)ccc(C)c1C. The predicted octanol–water partition coefficient (Wildman–Crippen LogP) is 4.12. The van der Waals surface area contributed by atoms with Crippen LogP contribution in [0.5, 0.6) is 5.75 Å². The van der Waals surface area contributed by atoms with Crippen molar-refractivity contribution >= 4 is 0 Å². The van der Waals surface area contributed by atoms with E-state index in [4.69, 9.17) is 10.5 Å². The minimum atomic E-state index is -0.0772. The fourth-order valence-electron chi connectivity index (χ4n) is 2.58. The summed E-state index contributed by atoms with van der Waals surface area (Å²) in [6.07, 6.45) is 0. The summed E-state index contributed by atoms with van der Waals surface area (Å²) in [4.78, 5) is 0. The highest BCUT2D eigenvalue weighted by Crippen LogP contribution is 2.36. The molecule has 2 atom stereocenters. The minimum absolute atomic E-state index is 0.0772. The van der Waals surface area contributed by atoms with Crippen LogP contribution in [-0.2, 0) is 0 Å². The molecular weight excluding hydrogens is 246 g/mol. The smallest absolute Gasteiger partial charge is 0.126 e. The molecule has 2 heteroatoms. The second-order valence-electron chi connectivity index (χ2n) is 5.36. The van der Waals surface area contributed by atoms with E-state index in [9.17, 15) is 0 Å². The number of hydrogen-bond acceptors (Lipinski definition) is 2. The molecule has 0 fully saturated rings. The van der Waals surface area contributed by atoms with Crippen LogP contribution in [0.3, 0.4) is 0 Å². The van der Waals surface area contributed by atoms with E-state index in [0.29, 0.717) is 0 Å². The van der Waals surface area contributed by atoms with Crippen molar-refractivity contribution in [1.82, 2.24) is 0 Å². The Bertz CT molecular complexity index is 577. The van der Waals surface area contributed by atoms with Crippen LogP contribution in [0.25, 0.3) is 0 Å². The Kier molecular flexibility index (Phi) is 4.46. The number of rotatable bonds is 4. The molecule has 106 valence electrons. The third-order valence-corrected chi connectivity index (χ3v) is 4.13. The molecule has 0 aliphatic heterocycles. The predicted molar refractivity (Wildman–Crippen MR) is 84.3 cm³/mol. The summed E-state index contributed by atoms with van der Waals surface area (Å²) in [5, 5.41) is 0. The Morgan fingerprint density at radius 1 is 1.00 bits per heavy atom. The lowest BCUT2D eigenvalue weighted by Gasteiger charge is -2.24. The van der Waals surface area contributed by atoms with Crippen LogP contribution in [0.4, 0.5) is 0 Å². The van der Waals surface area contributed by atoms with Gasteiger partial charge in [0.2, 0.25) is 0 Å². The molecule has 0 aliphatic carbocycles. The first-order valence-electron chi connectivity index (χ1n) is 7.01. The molecule has 0 spiro atoms. The number of benzene rings is 2. The van der Waals surface area contributed by atoms with E-state index in [-0.39, 0.29) is 12.0 Å². The van der Waals surface area contributed by atoms with Gasteiger partial charge in [-0.05, 0) is 30.5 Å². The molecule has 0 bridgehead atoms. The lowest BCUT2D eigenvalue weighted by atomic mass is 9.87. The van der Waals surface area contributed by atoms with Crippen molar-refractivity contribution in [2.45, 2.75) is 32.7 Å². The van der Waals surface area contributed by atoms with Crippen molar-refractivity contribution in [3.8, 4) is 5.75 Å². The molecule has 2 rings (SSSR count). The first-order chi connectivity index (χ1) is 9.56. The molecular formula is C18H23NO. The highest BCUT2D eigenvalue weighted by molar-refractivity contribution is 5.47. The van der Waals surface area contributed by atoms with Crippen LogP contribution in [-0.4, -0.2) is 7.11 Å². The summed E-state index contributed by atoms with van der Waals surface area (Å²) in [6, 6.07) is 14.5. The van der Waals surface area contributed by atoms with Gasteiger partial charge in [-0.1, -0.05) is 49.4 Å². The highest BCUT2D eigenvalue weighted by atomic mass is 16.5. The highest BCUT2D eigenvalue weighted by Gasteiger charge is 2.21. The van der Waals surface area contributed by atoms with Crippen LogP contribution >= 0.6 is 0 Å². The second-order valence-corrected chi connectivity index (χ2v) is 5.36. The van der Waals surface area contributed by atoms with E-state index in [1.807, 2.05) is 6.07 Å². The topological polar surface area (TPSA) is 35.2 Å². The first-order valence-corrected chi connectivity index (χ1v) is 7.01. The van der Waals surface area contributed by atoms with Gasteiger partial charge in [0.05, 0.1) is 7.11 Å². The molecule has 0 saturated carbocycles. The number of nitrogens with two attached hydrogens (primary N) is 1. The van der Waals surface area contributed by atoms with Gasteiger partial charge in [-0.25, -0.2) is 0 Å². The summed E-state index contributed by atoms with van der Waals surface area (Å²) in [6.45, 7) is 6.33. The van der Waals surface area contributed by atoms with Crippen molar-refractivity contribution < 1.29 is 4.74 Å². The van der Waals surface area contributed by atoms with E-state index in [1.165, 1.54) is 16.7 Å². The number of aryl methyl sites for hydroxylation is 1. The Hall–Kier alpha value is -1.80. The third-order valence-electron chi connectivity index (χ3n) is 4.13. The molecule has 2 aromatic rings. The monoisotopic (exact) mass is 269 g/mol. The largest absolute Gasteiger partial charge is 0.496 e. The van der Waals surface area contributed by atoms with Gasteiger partial charge in [0, 0.05) is 17.5 Å². The lowest BCUT2D eigenvalue weighted by molar-refractivity contribution is 0.398. The van der Waals surface area contributed by atoms with Crippen molar-refractivity contribution in [3.63, 3.8) is 0 Å². The summed E-state index contributed by atoms with van der Waals surface area (Å²) in [5.74, 6) is 1.16. The van der Waals surface area contributed by atoms with Gasteiger partial charge >= 0.3 is 0 Å². The van der Waals surface area contributed by atoms with Crippen LogP contribution in [0.2, 0.25) is 0 Å². The van der Waals surface area contributed by atoms with Gasteiger partial charge < -0.3 is 10.5 Å². The van der Waals surface area contributed by atoms with E-state index in [0.717, 1.165) is 11.3 Å². The molecule has 0 radical (unpaired) electrons. The Morgan fingerprint density at radius 3 is 2.25 bits per heavy atom. The Labute approximate surface area is 121 Å². The van der Waals surface area contributed by atoms with E-state index in [1.54, 1.807) is 7.11 Å². The van der Waals surface area contributed by atoms with Gasteiger partial charge in [0.1, 0.15) is 5.75 Å². The molecule has 2 N–H and O–H groups in total. The fourth-order valence-corrected chi connectivity index (χ4v) is 2.58. The van der Waals surface area contributed by atoms with Crippen molar-refractivity contribution in [3.05, 3.63) is 64.7 Å². The zero-order valence-electron chi connectivity index (χ0n) is 12.7. The maximum atomic E-state index is 6.49. The third kappa shape index (κ3) is 2.70. The quantitative estimate of drug-likeness (QED) is 0.906. The summed E-state index contributed by atoms with van der Waals surface area (Å²) >= 11 is 0. The lowest BCUT2D eigenvalue weighted by Crippen LogP contribution is -2.19. The maximum Gasteiger partial charge on any atom is 0.126 e. The number of methoxy groups -OCH3 is 1. The normalized spacial score (nSPS) is 13.8. The van der Waals surface area contributed by atoms with Crippen molar-refractivity contribution in [2.24, 2.45) is 5.73 Å². The van der Waals surface area contributed by atoms with E-state index < -0.39 is 0 Å². The zero-order chi connectivity index (χ0) is 14.7. The standard InChI is InChI=1S/C18H23NO/c1-12-10-11-16(18(20-4)13(12)2)17(19)14(3)15-8-6-5-7-9-15/h5-11,14,17H,19H2,1-4H3. The first kappa shape index (κ1) is 14.6. The molecule has 0 heterocycles. The Morgan fingerprint density at radius 2 is 1.65 bits per heavy atom.